The molecule has 1 amide bonds. The molecule has 7 nitrogen and oxygen atoms in total. The lowest BCUT2D eigenvalue weighted by Crippen LogP contribution is -2.48. The number of fused-ring (bicyclic) bond motifs is 1. The first-order valence-electron chi connectivity index (χ1n) is 10.5. The van der Waals surface area contributed by atoms with Gasteiger partial charge in [-0.25, -0.2) is 9.97 Å². The Kier molecular flexibility index (Phi) is 4.73. The molecule has 29 heavy (non-hydrogen) atoms. The van der Waals surface area contributed by atoms with Crippen molar-refractivity contribution < 1.29 is 14.3 Å². The number of amides is 1. The molecule has 1 aromatic heterocycles. The largest absolute Gasteiger partial charge is 0.486 e. The zero-order valence-electron chi connectivity index (χ0n) is 16.7. The molecular formula is C22H26N4O3. The van der Waals surface area contributed by atoms with Gasteiger partial charge in [-0.2, -0.15) is 0 Å². The average Bonchev–Trinajstić information content (AvgIpc) is 3.59. The van der Waals surface area contributed by atoms with Crippen LogP contribution in [0.4, 0.5) is 5.82 Å². The average molecular weight is 394 g/mol. The van der Waals surface area contributed by atoms with Gasteiger partial charge in [0.05, 0.1) is 5.56 Å². The second-order valence-corrected chi connectivity index (χ2v) is 8.01. The van der Waals surface area contributed by atoms with Crippen molar-refractivity contribution in [1.82, 2.24) is 14.9 Å². The van der Waals surface area contributed by atoms with Crippen LogP contribution in [0, 0.1) is 6.92 Å². The van der Waals surface area contributed by atoms with Gasteiger partial charge < -0.3 is 19.3 Å². The molecule has 0 radical (unpaired) electrons. The molecule has 0 bridgehead atoms. The second kappa shape index (κ2) is 7.54. The number of benzene rings is 1. The Morgan fingerprint density at radius 1 is 1.07 bits per heavy atom. The van der Waals surface area contributed by atoms with Crippen LogP contribution in [-0.2, 0) is 0 Å². The number of hydrogen-bond acceptors (Lipinski definition) is 6. The molecule has 0 spiro atoms. The van der Waals surface area contributed by atoms with Crippen molar-refractivity contribution in [1.29, 1.82) is 0 Å². The molecular weight excluding hydrogens is 368 g/mol. The van der Waals surface area contributed by atoms with E-state index < -0.39 is 0 Å². The normalized spacial score (nSPS) is 19.1. The number of hydrogen-bond donors (Lipinski definition) is 0. The summed E-state index contributed by atoms with van der Waals surface area (Å²) in [4.78, 5) is 26.3. The van der Waals surface area contributed by atoms with Crippen LogP contribution in [0.25, 0.3) is 0 Å². The molecule has 3 heterocycles. The number of likely N-dealkylation sites (tertiary alicyclic amines) is 1. The molecule has 2 aliphatic heterocycles. The number of nitrogens with zero attached hydrogens (tertiary/aromatic N) is 4. The van der Waals surface area contributed by atoms with Crippen LogP contribution in [0.15, 0.2) is 30.6 Å². The number of carbonyl (C=O) groups is 1. The monoisotopic (exact) mass is 394 g/mol. The van der Waals surface area contributed by atoms with Crippen LogP contribution in [-0.4, -0.2) is 59.2 Å². The van der Waals surface area contributed by atoms with Gasteiger partial charge in [-0.05, 0) is 44.7 Å². The summed E-state index contributed by atoms with van der Waals surface area (Å²) in [5, 5.41) is 0. The van der Waals surface area contributed by atoms with E-state index in [0.717, 1.165) is 37.4 Å². The molecule has 1 saturated carbocycles. The fourth-order valence-electron chi connectivity index (χ4n) is 4.37. The molecule has 0 unspecified atom stereocenters. The summed E-state index contributed by atoms with van der Waals surface area (Å²) in [6, 6.07) is 8.61. The molecule has 0 atom stereocenters. The van der Waals surface area contributed by atoms with Crippen molar-refractivity contribution in [2.75, 3.05) is 31.2 Å². The second-order valence-electron chi connectivity index (χ2n) is 8.01. The molecule has 1 saturated heterocycles. The molecule has 152 valence electrons. The first-order valence-corrected chi connectivity index (χ1v) is 10.5. The van der Waals surface area contributed by atoms with Gasteiger partial charge in [-0.3, -0.25) is 4.79 Å². The van der Waals surface area contributed by atoms with E-state index in [1.165, 1.54) is 12.8 Å². The molecule has 0 N–H and O–H groups in total. The van der Waals surface area contributed by atoms with E-state index in [-0.39, 0.29) is 5.91 Å². The summed E-state index contributed by atoms with van der Waals surface area (Å²) < 4.78 is 11.4. The third kappa shape index (κ3) is 3.61. The van der Waals surface area contributed by atoms with Crippen molar-refractivity contribution >= 4 is 11.7 Å². The third-order valence-corrected chi connectivity index (χ3v) is 5.94. The van der Waals surface area contributed by atoms with Crippen molar-refractivity contribution in [2.24, 2.45) is 0 Å². The van der Waals surface area contributed by atoms with E-state index in [0.29, 0.717) is 42.4 Å². The van der Waals surface area contributed by atoms with Crippen LogP contribution in [0.1, 0.15) is 41.7 Å². The van der Waals surface area contributed by atoms with Crippen LogP contribution in [0.5, 0.6) is 11.5 Å². The van der Waals surface area contributed by atoms with Gasteiger partial charge in [0.25, 0.3) is 5.91 Å². The van der Waals surface area contributed by atoms with Crippen LogP contribution in [0.2, 0.25) is 0 Å². The zero-order chi connectivity index (χ0) is 19.8. The molecule has 2 aromatic rings. The molecule has 3 aliphatic rings. The first kappa shape index (κ1) is 18.2. The summed E-state index contributed by atoms with van der Waals surface area (Å²) in [6.07, 6.45) is 5.97. The fourth-order valence-corrected chi connectivity index (χ4v) is 4.37. The van der Waals surface area contributed by atoms with E-state index in [1.807, 2.05) is 30.0 Å². The maximum absolute atomic E-state index is 13.2. The predicted octanol–water partition coefficient (Wildman–Crippen LogP) is 2.83. The van der Waals surface area contributed by atoms with Crippen molar-refractivity contribution in [3.05, 3.63) is 41.9 Å². The van der Waals surface area contributed by atoms with Crippen LogP contribution < -0.4 is 14.4 Å². The number of anilines is 1. The standard InChI is InChI=1S/C22H26N4O3/c1-15-13-20(24-14-23-15)26(16-5-6-16)17-7-9-25(10-8-17)22(27)18-3-2-4-19-21(18)29-12-11-28-19/h2-4,13-14,16-17H,5-12H2,1H3. The minimum atomic E-state index is 0.0293. The highest BCUT2D eigenvalue weighted by molar-refractivity contribution is 5.98. The highest BCUT2D eigenvalue weighted by Gasteiger charge is 2.37. The van der Waals surface area contributed by atoms with Crippen molar-refractivity contribution in [3.8, 4) is 11.5 Å². The van der Waals surface area contributed by atoms with Crippen LogP contribution in [0.3, 0.4) is 0 Å². The Morgan fingerprint density at radius 3 is 2.59 bits per heavy atom. The maximum atomic E-state index is 13.2. The van der Waals surface area contributed by atoms with Gasteiger partial charge in [0, 0.05) is 36.9 Å². The molecule has 7 heteroatoms. The van der Waals surface area contributed by atoms with Gasteiger partial charge in [-0.1, -0.05) is 6.07 Å². The minimum absolute atomic E-state index is 0.0293. The van der Waals surface area contributed by atoms with Crippen molar-refractivity contribution in [2.45, 2.75) is 44.7 Å². The summed E-state index contributed by atoms with van der Waals surface area (Å²) in [5.74, 6) is 2.30. The van der Waals surface area contributed by atoms with E-state index in [2.05, 4.69) is 20.9 Å². The Hall–Kier alpha value is -2.83. The number of para-hydroxylation sites is 1. The fraction of sp³-hybridized carbons (Fsp3) is 0.500. The van der Waals surface area contributed by atoms with Gasteiger partial charge >= 0.3 is 0 Å². The van der Waals surface area contributed by atoms with Crippen molar-refractivity contribution in [3.63, 3.8) is 0 Å². The number of carbonyl (C=O) groups excluding carboxylic acids is 1. The number of aryl methyl sites for hydroxylation is 1. The van der Waals surface area contributed by atoms with E-state index >= 15 is 0 Å². The highest BCUT2D eigenvalue weighted by Crippen LogP contribution is 2.37. The van der Waals surface area contributed by atoms with Gasteiger partial charge in [0.15, 0.2) is 11.5 Å². The van der Waals surface area contributed by atoms with E-state index in [9.17, 15) is 4.79 Å². The molecule has 2 fully saturated rings. The Balaban J connectivity index is 1.29. The topological polar surface area (TPSA) is 67.8 Å². The molecule has 1 aromatic carbocycles. The maximum Gasteiger partial charge on any atom is 0.257 e. The Morgan fingerprint density at radius 2 is 1.83 bits per heavy atom. The van der Waals surface area contributed by atoms with E-state index in [4.69, 9.17) is 9.47 Å². The summed E-state index contributed by atoms with van der Waals surface area (Å²) in [5.41, 5.74) is 1.59. The third-order valence-electron chi connectivity index (χ3n) is 5.94. The van der Waals surface area contributed by atoms with Crippen LogP contribution >= 0.6 is 0 Å². The SMILES string of the molecule is Cc1cc(N(C2CC2)C2CCN(C(=O)c3cccc4c3OCCO4)CC2)ncn1. The minimum Gasteiger partial charge on any atom is -0.486 e. The Labute approximate surface area is 170 Å². The van der Waals surface area contributed by atoms with Gasteiger partial charge in [-0.15, -0.1) is 0 Å². The lowest BCUT2D eigenvalue weighted by Gasteiger charge is -2.39. The lowest BCUT2D eigenvalue weighted by atomic mass is 10.0. The number of rotatable bonds is 4. The number of aromatic nitrogens is 2. The molecule has 5 rings (SSSR count). The zero-order valence-corrected chi connectivity index (χ0v) is 16.7. The van der Waals surface area contributed by atoms with E-state index in [1.54, 1.807) is 6.33 Å². The smallest absolute Gasteiger partial charge is 0.257 e. The number of piperidine rings is 1. The number of ether oxygens (including phenoxy) is 2. The van der Waals surface area contributed by atoms with Gasteiger partial charge in [0.2, 0.25) is 0 Å². The summed E-state index contributed by atoms with van der Waals surface area (Å²) in [7, 11) is 0. The highest BCUT2D eigenvalue weighted by atomic mass is 16.6. The van der Waals surface area contributed by atoms with Gasteiger partial charge in [0.1, 0.15) is 25.4 Å². The quantitative estimate of drug-likeness (QED) is 0.794. The summed E-state index contributed by atoms with van der Waals surface area (Å²) >= 11 is 0. The first-order chi connectivity index (χ1) is 14.2. The lowest BCUT2D eigenvalue weighted by molar-refractivity contribution is 0.0701. The predicted molar refractivity (Wildman–Crippen MR) is 109 cm³/mol. The molecule has 1 aliphatic carbocycles. The summed E-state index contributed by atoms with van der Waals surface area (Å²) in [6.45, 7) is 4.48. The Bertz CT molecular complexity index is 907.